The van der Waals surface area contributed by atoms with Crippen LogP contribution < -0.4 is 10.6 Å². The Morgan fingerprint density at radius 2 is 1.85 bits per heavy atom. The first kappa shape index (κ1) is 21.1. The molecule has 0 unspecified atom stereocenters. The zero-order valence-corrected chi connectivity index (χ0v) is 17.7. The van der Waals surface area contributed by atoms with Crippen molar-refractivity contribution in [2.45, 2.75) is 26.7 Å². The zero-order chi connectivity index (χ0) is 19.8. The van der Waals surface area contributed by atoms with Crippen LogP contribution in [0, 0.1) is 0 Å². The maximum Gasteiger partial charge on any atom is 0.293 e. The minimum Gasteiger partial charge on any atom is -0.444 e. The van der Waals surface area contributed by atoms with Crippen LogP contribution in [0.1, 0.15) is 47.6 Å². The molecule has 2 amide bonds. The van der Waals surface area contributed by atoms with E-state index in [9.17, 15) is 9.59 Å². The number of benzene rings is 1. The molecule has 8 heteroatoms. The summed E-state index contributed by atoms with van der Waals surface area (Å²) in [5, 5.41) is 5.59. The molecule has 1 aromatic carbocycles. The van der Waals surface area contributed by atoms with Crippen LogP contribution in [-0.4, -0.2) is 34.9 Å². The van der Waals surface area contributed by atoms with E-state index in [1.807, 2.05) is 18.7 Å². The fourth-order valence-corrected chi connectivity index (χ4v) is 3.05. The summed E-state index contributed by atoms with van der Waals surface area (Å²) in [6.07, 6.45) is 1.81. The van der Waals surface area contributed by atoms with Gasteiger partial charge in [0.25, 0.3) is 11.8 Å². The Morgan fingerprint density at radius 1 is 1.15 bits per heavy atom. The Bertz CT molecular complexity index is 816. The number of rotatable bonds is 7. The third-order valence-electron chi connectivity index (χ3n) is 3.67. The molecule has 0 aliphatic carbocycles. The molecule has 6 nitrogen and oxygen atoms in total. The molecule has 0 aliphatic rings. The molecule has 2 aromatic rings. The molecular formula is C19H22BrN3O3S. The van der Waals surface area contributed by atoms with Crippen LogP contribution in [0.5, 0.6) is 0 Å². The maximum atomic E-state index is 12.7. The molecule has 0 saturated heterocycles. The van der Waals surface area contributed by atoms with E-state index in [1.54, 1.807) is 30.3 Å². The van der Waals surface area contributed by atoms with Gasteiger partial charge >= 0.3 is 0 Å². The Morgan fingerprint density at radius 3 is 2.44 bits per heavy atom. The minimum atomic E-state index is -0.456. The number of furan rings is 1. The summed E-state index contributed by atoms with van der Waals surface area (Å²) in [7, 11) is 0. The Kier molecular flexibility index (Phi) is 7.99. The van der Waals surface area contributed by atoms with Crippen molar-refractivity contribution in [1.82, 2.24) is 10.2 Å². The summed E-state index contributed by atoms with van der Waals surface area (Å²) in [5.74, 6) is -0.329. The second-order valence-corrected chi connectivity index (χ2v) is 7.07. The van der Waals surface area contributed by atoms with Crippen molar-refractivity contribution in [3.8, 4) is 0 Å². The lowest BCUT2D eigenvalue weighted by Gasteiger charge is -2.21. The highest BCUT2D eigenvalue weighted by atomic mass is 79.9. The lowest BCUT2D eigenvalue weighted by atomic mass is 10.1. The fraction of sp³-hybridized carbons (Fsp3) is 0.316. The van der Waals surface area contributed by atoms with Crippen molar-refractivity contribution in [3.63, 3.8) is 0 Å². The number of thiocarbonyl (C=S) groups is 1. The summed E-state index contributed by atoms with van der Waals surface area (Å²) >= 11 is 8.32. The number of hydrogen-bond acceptors (Lipinski definition) is 4. The van der Waals surface area contributed by atoms with Gasteiger partial charge in [-0.2, -0.15) is 0 Å². The quantitative estimate of drug-likeness (QED) is 0.608. The predicted octanol–water partition coefficient (Wildman–Crippen LogP) is 4.43. The number of anilines is 1. The van der Waals surface area contributed by atoms with Crippen LogP contribution in [0.4, 0.5) is 5.69 Å². The second kappa shape index (κ2) is 10.2. The SMILES string of the molecule is CCCN(CCC)C(=O)c1cccc(NC(=S)NC(=O)c2ccc(Br)o2)c1. The average Bonchev–Trinajstić information content (AvgIpc) is 3.07. The third kappa shape index (κ3) is 6.18. The van der Waals surface area contributed by atoms with Gasteiger partial charge in [0.05, 0.1) is 0 Å². The minimum absolute atomic E-state index is 0.0160. The van der Waals surface area contributed by atoms with Crippen LogP contribution in [0.3, 0.4) is 0 Å². The summed E-state index contributed by atoms with van der Waals surface area (Å²) in [6.45, 7) is 5.54. The molecule has 144 valence electrons. The highest BCUT2D eigenvalue weighted by Crippen LogP contribution is 2.15. The van der Waals surface area contributed by atoms with Crippen LogP contribution in [0.25, 0.3) is 0 Å². The van der Waals surface area contributed by atoms with Crippen LogP contribution in [0.15, 0.2) is 45.5 Å². The average molecular weight is 452 g/mol. The molecule has 0 saturated carbocycles. The monoisotopic (exact) mass is 451 g/mol. The number of amides is 2. The summed E-state index contributed by atoms with van der Waals surface area (Å²) in [4.78, 5) is 26.6. The van der Waals surface area contributed by atoms with Gasteiger partial charge in [0.2, 0.25) is 0 Å². The molecule has 27 heavy (non-hydrogen) atoms. The molecule has 0 aliphatic heterocycles. The lowest BCUT2D eigenvalue weighted by molar-refractivity contribution is 0.0755. The van der Waals surface area contributed by atoms with Gasteiger partial charge < -0.3 is 14.6 Å². The van der Waals surface area contributed by atoms with Gasteiger partial charge in [-0.3, -0.25) is 14.9 Å². The Hall–Kier alpha value is -2.19. The maximum absolute atomic E-state index is 12.7. The van der Waals surface area contributed by atoms with Crippen molar-refractivity contribution >= 4 is 50.8 Å². The molecular weight excluding hydrogens is 430 g/mol. The van der Waals surface area contributed by atoms with Crippen molar-refractivity contribution in [1.29, 1.82) is 0 Å². The summed E-state index contributed by atoms with van der Waals surface area (Å²) < 4.78 is 5.65. The van der Waals surface area contributed by atoms with E-state index in [0.29, 0.717) is 15.9 Å². The molecule has 1 heterocycles. The van der Waals surface area contributed by atoms with Gasteiger partial charge in [-0.1, -0.05) is 19.9 Å². The van der Waals surface area contributed by atoms with E-state index in [0.717, 1.165) is 25.9 Å². The molecule has 0 atom stereocenters. The largest absolute Gasteiger partial charge is 0.444 e. The smallest absolute Gasteiger partial charge is 0.293 e. The van der Waals surface area contributed by atoms with Crippen molar-refractivity contribution in [3.05, 3.63) is 52.4 Å². The standard InChI is InChI=1S/C19H22BrN3O3S/c1-3-10-23(11-4-2)18(25)13-6-5-7-14(12-13)21-19(27)22-17(24)15-8-9-16(20)26-15/h5-9,12H,3-4,10-11H2,1-2H3,(H2,21,22,24,27). The Labute approximate surface area is 172 Å². The highest BCUT2D eigenvalue weighted by molar-refractivity contribution is 9.10. The number of carbonyl (C=O) groups excluding carboxylic acids is 2. The van der Waals surface area contributed by atoms with Gasteiger partial charge in [-0.05, 0) is 71.3 Å². The molecule has 0 fully saturated rings. The van der Waals surface area contributed by atoms with E-state index in [4.69, 9.17) is 16.6 Å². The zero-order valence-electron chi connectivity index (χ0n) is 15.3. The second-order valence-electron chi connectivity index (χ2n) is 5.89. The highest BCUT2D eigenvalue weighted by Gasteiger charge is 2.15. The number of halogens is 1. The Balaban J connectivity index is 2.02. The van der Waals surface area contributed by atoms with E-state index < -0.39 is 5.91 Å². The van der Waals surface area contributed by atoms with Gasteiger partial charge in [-0.15, -0.1) is 0 Å². The van der Waals surface area contributed by atoms with Crippen LogP contribution in [-0.2, 0) is 0 Å². The molecule has 0 spiro atoms. The fourth-order valence-electron chi connectivity index (χ4n) is 2.53. The van der Waals surface area contributed by atoms with Crippen LogP contribution in [0.2, 0.25) is 0 Å². The first-order valence-corrected chi connectivity index (χ1v) is 9.91. The molecule has 2 rings (SSSR count). The number of nitrogens with zero attached hydrogens (tertiary/aromatic N) is 1. The molecule has 0 radical (unpaired) electrons. The predicted molar refractivity (Wildman–Crippen MR) is 113 cm³/mol. The van der Waals surface area contributed by atoms with Gasteiger partial charge in [0.1, 0.15) is 0 Å². The van der Waals surface area contributed by atoms with Crippen LogP contribution >= 0.6 is 28.1 Å². The normalized spacial score (nSPS) is 10.3. The third-order valence-corrected chi connectivity index (χ3v) is 4.30. The first-order chi connectivity index (χ1) is 12.9. The van der Waals surface area contributed by atoms with Crippen molar-refractivity contribution < 1.29 is 14.0 Å². The van der Waals surface area contributed by atoms with Crippen molar-refractivity contribution in [2.24, 2.45) is 0 Å². The number of hydrogen-bond donors (Lipinski definition) is 2. The topological polar surface area (TPSA) is 74.6 Å². The molecule has 1 aromatic heterocycles. The van der Waals surface area contributed by atoms with E-state index in [1.165, 1.54) is 6.07 Å². The van der Waals surface area contributed by atoms with Gasteiger partial charge in [-0.25, -0.2) is 0 Å². The van der Waals surface area contributed by atoms with E-state index in [-0.39, 0.29) is 16.8 Å². The van der Waals surface area contributed by atoms with E-state index in [2.05, 4.69) is 26.6 Å². The van der Waals surface area contributed by atoms with E-state index >= 15 is 0 Å². The number of nitrogens with one attached hydrogen (secondary N) is 2. The molecule has 0 bridgehead atoms. The summed E-state index contributed by atoms with van der Waals surface area (Å²) in [6, 6.07) is 10.2. The first-order valence-electron chi connectivity index (χ1n) is 8.71. The number of carbonyl (C=O) groups is 2. The van der Waals surface area contributed by atoms with Gasteiger partial charge in [0.15, 0.2) is 15.5 Å². The van der Waals surface area contributed by atoms with Crippen molar-refractivity contribution in [2.75, 3.05) is 18.4 Å². The lowest BCUT2D eigenvalue weighted by Crippen LogP contribution is -2.34. The summed E-state index contributed by atoms with van der Waals surface area (Å²) in [5.41, 5.74) is 1.20. The molecule has 2 N–H and O–H groups in total. The van der Waals surface area contributed by atoms with Gasteiger partial charge in [0, 0.05) is 24.3 Å².